The zero-order chi connectivity index (χ0) is 15.2. The number of hydrogen-bond acceptors (Lipinski definition) is 5. The predicted octanol–water partition coefficient (Wildman–Crippen LogP) is -0.244. The second kappa shape index (κ2) is 7.69. The van der Waals surface area contributed by atoms with Gasteiger partial charge in [0.05, 0.1) is 24.2 Å². The SMILES string of the molecule is CCCCS(=O)(=O)NCCS(=O)(=O)N1CCOC(C)C1. The number of sulfonamides is 2. The van der Waals surface area contributed by atoms with E-state index < -0.39 is 20.0 Å². The lowest BCUT2D eigenvalue weighted by Gasteiger charge is -2.30. The number of ether oxygens (including phenoxy) is 1. The van der Waals surface area contributed by atoms with E-state index in [4.69, 9.17) is 4.74 Å². The van der Waals surface area contributed by atoms with E-state index in [1.165, 1.54) is 4.31 Å². The van der Waals surface area contributed by atoms with Crippen molar-refractivity contribution in [2.75, 3.05) is 37.7 Å². The minimum atomic E-state index is -3.43. The molecular formula is C11H24N2O5S2. The first kappa shape index (κ1) is 17.8. The highest BCUT2D eigenvalue weighted by atomic mass is 32.2. The average molecular weight is 328 g/mol. The molecule has 0 amide bonds. The van der Waals surface area contributed by atoms with Crippen molar-refractivity contribution in [3.05, 3.63) is 0 Å². The molecule has 1 heterocycles. The van der Waals surface area contributed by atoms with E-state index in [9.17, 15) is 16.8 Å². The van der Waals surface area contributed by atoms with Crippen LogP contribution in [0.15, 0.2) is 0 Å². The molecule has 1 aliphatic heterocycles. The van der Waals surface area contributed by atoms with Gasteiger partial charge >= 0.3 is 0 Å². The lowest BCUT2D eigenvalue weighted by molar-refractivity contribution is 0.0102. The molecule has 0 spiro atoms. The Kier molecular flexibility index (Phi) is 6.86. The molecule has 1 unspecified atom stereocenters. The first-order chi connectivity index (χ1) is 9.27. The van der Waals surface area contributed by atoms with Crippen LogP contribution in [0.4, 0.5) is 0 Å². The normalized spacial score (nSPS) is 22.0. The number of nitrogens with one attached hydrogen (secondary N) is 1. The Balaban J connectivity index is 2.43. The number of unbranched alkanes of at least 4 members (excludes halogenated alkanes) is 1. The van der Waals surface area contributed by atoms with Gasteiger partial charge in [-0.15, -0.1) is 0 Å². The molecule has 20 heavy (non-hydrogen) atoms. The van der Waals surface area contributed by atoms with Crippen LogP contribution in [0.25, 0.3) is 0 Å². The molecule has 9 heteroatoms. The zero-order valence-electron chi connectivity index (χ0n) is 12.0. The van der Waals surface area contributed by atoms with Gasteiger partial charge in [-0.1, -0.05) is 13.3 Å². The van der Waals surface area contributed by atoms with Crippen LogP contribution >= 0.6 is 0 Å². The average Bonchev–Trinajstić information content (AvgIpc) is 2.36. The predicted molar refractivity (Wildman–Crippen MR) is 77.5 cm³/mol. The third-order valence-electron chi connectivity index (χ3n) is 3.05. The minimum absolute atomic E-state index is 0.0398. The van der Waals surface area contributed by atoms with Gasteiger partial charge in [-0.3, -0.25) is 0 Å². The first-order valence-corrected chi connectivity index (χ1v) is 10.1. The lowest BCUT2D eigenvalue weighted by Crippen LogP contribution is -2.46. The van der Waals surface area contributed by atoms with Gasteiger partial charge in [0, 0.05) is 19.6 Å². The van der Waals surface area contributed by atoms with E-state index in [0.717, 1.165) is 6.42 Å². The third kappa shape index (κ3) is 6.04. The van der Waals surface area contributed by atoms with E-state index in [2.05, 4.69) is 4.72 Å². The van der Waals surface area contributed by atoms with E-state index in [1.807, 2.05) is 13.8 Å². The molecule has 1 atom stereocenters. The molecule has 1 fully saturated rings. The summed E-state index contributed by atoms with van der Waals surface area (Å²) in [6, 6.07) is 0. The summed E-state index contributed by atoms with van der Waals surface area (Å²) in [4.78, 5) is 0. The fraction of sp³-hybridized carbons (Fsp3) is 1.00. The van der Waals surface area contributed by atoms with Crippen molar-refractivity contribution < 1.29 is 21.6 Å². The van der Waals surface area contributed by atoms with Crippen molar-refractivity contribution in [2.45, 2.75) is 32.8 Å². The summed E-state index contributed by atoms with van der Waals surface area (Å²) in [5, 5.41) is 0. The fourth-order valence-electron chi connectivity index (χ4n) is 1.90. The highest BCUT2D eigenvalue weighted by Gasteiger charge is 2.27. The summed E-state index contributed by atoms with van der Waals surface area (Å²) in [5.41, 5.74) is 0. The monoisotopic (exact) mass is 328 g/mol. The minimum Gasteiger partial charge on any atom is -0.376 e. The Hall–Kier alpha value is -0.220. The Morgan fingerprint density at radius 2 is 1.95 bits per heavy atom. The number of rotatable bonds is 8. The Morgan fingerprint density at radius 1 is 1.25 bits per heavy atom. The molecule has 0 aromatic heterocycles. The van der Waals surface area contributed by atoms with Crippen LogP contribution < -0.4 is 4.72 Å². The second-order valence-corrected chi connectivity index (χ2v) is 8.94. The van der Waals surface area contributed by atoms with Gasteiger partial charge in [-0.05, 0) is 13.3 Å². The summed E-state index contributed by atoms with van der Waals surface area (Å²) in [5.74, 6) is -0.177. The zero-order valence-corrected chi connectivity index (χ0v) is 13.7. The second-order valence-electron chi connectivity index (χ2n) is 4.92. The van der Waals surface area contributed by atoms with E-state index >= 15 is 0 Å². The van der Waals surface area contributed by atoms with Gasteiger partial charge in [0.25, 0.3) is 0 Å². The standard InChI is InChI=1S/C11H24N2O5S2/c1-3-4-8-19(14,15)12-5-9-20(16,17)13-6-7-18-11(2)10-13/h11-12H,3-10H2,1-2H3. The fourth-order valence-corrected chi connectivity index (χ4v) is 4.66. The molecule has 7 nitrogen and oxygen atoms in total. The Labute approximate surface area is 121 Å². The molecule has 0 aromatic carbocycles. The van der Waals surface area contributed by atoms with Crippen LogP contribution in [0.3, 0.4) is 0 Å². The molecule has 0 radical (unpaired) electrons. The van der Waals surface area contributed by atoms with E-state index in [-0.39, 0.29) is 24.2 Å². The van der Waals surface area contributed by atoms with Crippen molar-refractivity contribution in [2.24, 2.45) is 0 Å². The number of hydrogen-bond donors (Lipinski definition) is 1. The van der Waals surface area contributed by atoms with Crippen molar-refractivity contribution in [1.82, 2.24) is 9.03 Å². The number of morpholine rings is 1. The largest absolute Gasteiger partial charge is 0.376 e. The quantitative estimate of drug-likeness (QED) is 0.663. The molecule has 1 N–H and O–H groups in total. The molecule has 0 saturated carbocycles. The van der Waals surface area contributed by atoms with Crippen LogP contribution in [0.5, 0.6) is 0 Å². The molecule has 120 valence electrons. The summed E-state index contributed by atoms with van der Waals surface area (Å²) in [7, 11) is -6.80. The lowest BCUT2D eigenvalue weighted by atomic mass is 10.3. The summed E-state index contributed by atoms with van der Waals surface area (Å²) in [6.07, 6.45) is 1.23. The molecule has 1 saturated heterocycles. The van der Waals surface area contributed by atoms with Crippen LogP contribution in [0.2, 0.25) is 0 Å². The topological polar surface area (TPSA) is 92.8 Å². The maximum Gasteiger partial charge on any atom is 0.215 e. The van der Waals surface area contributed by atoms with Gasteiger partial charge in [0.2, 0.25) is 20.0 Å². The van der Waals surface area contributed by atoms with Crippen LogP contribution in [0.1, 0.15) is 26.7 Å². The van der Waals surface area contributed by atoms with Crippen molar-refractivity contribution in [3.8, 4) is 0 Å². The Morgan fingerprint density at radius 3 is 2.55 bits per heavy atom. The third-order valence-corrected chi connectivity index (χ3v) is 6.35. The molecule has 1 rings (SSSR count). The van der Waals surface area contributed by atoms with Gasteiger partial charge in [0.15, 0.2) is 0 Å². The van der Waals surface area contributed by atoms with E-state index in [1.54, 1.807) is 0 Å². The maximum absolute atomic E-state index is 12.1. The van der Waals surface area contributed by atoms with Crippen LogP contribution in [-0.4, -0.2) is 65.0 Å². The molecule has 1 aliphatic rings. The molecule has 0 aromatic rings. The Bertz CT molecular complexity index is 489. The van der Waals surface area contributed by atoms with Crippen LogP contribution in [0, 0.1) is 0 Å². The molecular weight excluding hydrogens is 304 g/mol. The highest BCUT2D eigenvalue weighted by molar-refractivity contribution is 7.90. The highest BCUT2D eigenvalue weighted by Crippen LogP contribution is 2.09. The summed E-state index contributed by atoms with van der Waals surface area (Å²) in [6.45, 7) is 4.66. The van der Waals surface area contributed by atoms with Crippen molar-refractivity contribution >= 4 is 20.0 Å². The van der Waals surface area contributed by atoms with Gasteiger partial charge in [0.1, 0.15) is 0 Å². The summed E-state index contributed by atoms with van der Waals surface area (Å²) < 4.78 is 56.2. The van der Waals surface area contributed by atoms with Crippen LogP contribution in [-0.2, 0) is 24.8 Å². The van der Waals surface area contributed by atoms with E-state index in [0.29, 0.717) is 26.1 Å². The molecule has 0 bridgehead atoms. The summed E-state index contributed by atoms with van der Waals surface area (Å²) >= 11 is 0. The molecule has 0 aliphatic carbocycles. The van der Waals surface area contributed by atoms with Gasteiger partial charge in [-0.2, -0.15) is 4.31 Å². The van der Waals surface area contributed by atoms with Crippen molar-refractivity contribution in [3.63, 3.8) is 0 Å². The van der Waals surface area contributed by atoms with Gasteiger partial charge in [-0.25, -0.2) is 21.6 Å². The van der Waals surface area contributed by atoms with Gasteiger partial charge < -0.3 is 4.74 Å². The smallest absolute Gasteiger partial charge is 0.215 e. The first-order valence-electron chi connectivity index (χ1n) is 6.83. The van der Waals surface area contributed by atoms with Crippen molar-refractivity contribution in [1.29, 1.82) is 0 Å². The maximum atomic E-state index is 12.1. The number of nitrogens with zero attached hydrogens (tertiary/aromatic N) is 1.